The van der Waals surface area contributed by atoms with Crippen LogP contribution in [-0.2, 0) is 16.1 Å². The van der Waals surface area contributed by atoms with Crippen LogP contribution < -0.4 is 5.32 Å². The summed E-state index contributed by atoms with van der Waals surface area (Å²) in [6.07, 6.45) is 3.89. The molecule has 126 valence electrons. The summed E-state index contributed by atoms with van der Waals surface area (Å²) in [6.45, 7) is 4.53. The van der Waals surface area contributed by atoms with Crippen molar-refractivity contribution < 1.29 is 9.53 Å². The minimum atomic E-state index is -0.213. The fourth-order valence-corrected chi connectivity index (χ4v) is 3.55. The number of benzene rings is 1. The molecule has 2 aliphatic heterocycles. The third kappa shape index (κ3) is 4.69. The molecule has 2 saturated heterocycles. The van der Waals surface area contributed by atoms with Crippen LogP contribution in [0.4, 0.5) is 0 Å². The van der Waals surface area contributed by atoms with Gasteiger partial charge in [-0.25, -0.2) is 0 Å². The Morgan fingerprint density at radius 2 is 2.04 bits per heavy atom. The summed E-state index contributed by atoms with van der Waals surface area (Å²) in [6, 6.07) is 8.05. The zero-order chi connectivity index (χ0) is 16.1. The number of halogens is 1. The first-order chi connectivity index (χ1) is 11.2. The number of carbonyl (C=O) groups is 1. The molecule has 0 radical (unpaired) electrons. The Kier molecular flexibility index (Phi) is 5.92. The van der Waals surface area contributed by atoms with E-state index >= 15 is 0 Å². The number of rotatable bonds is 5. The molecule has 23 heavy (non-hydrogen) atoms. The highest BCUT2D eigenvalue weighted by Crippen LogP contribution is 2.22. The molecule has 1 N–H and O–H groups in total. The van der Waals surface area contributed by atoms with Crippen molar-refractivity contribution in [2.45, 2.75) is 38.3 Å². The van der Waals surface area contributed by atoms with Gasteiger partial charge in [0.15, 0.2) is 0 Å². The third-order valence-corrected chi connectivity index (χ3v) is 5.21. The van der Waals surface area contributed by atoms with E-state index in [0.717, 1.165) is 63.5 Å². The van der Waals surface area contributed by atoms with Gasteiger partial charge in [0.05, 0.1) is 0 Å². The van der Waals surface area contributed by atoms with Gasteiger partial charge in [-0.15, -0.1) is 0 Å². The molecule has 1 unspecified atom stereocenters. The maximum Gasteiger partial charge on any atom is 0.249 e. The molecule has 2 heterocycles. The number of nitrogens with one attached hydrogen (secondary N) is 1. The Morgan fingerprint density at radius 1 is 1.26 bits per heavy atom. The van der Waals surface area contributed by atoms with Gasteiger partial charge in [0.2, 0.25) is 5.91 Å². The quantitative estimate of drug-likeness (QED) is 0.899. The lowest BCUT2D eigenvalue weighted by molar-refractivity contribution is -0.130. The van der Waals surface area contributed by atoms with Crippen LogP contribution in [0.5, 0.6) is 0 Å². The molecule has 4 nitrogen and oxygen atoms in total. The van der Waals surface area contributed by atoms with Crippen molar-refractivity contribution in [1.82, 2.24) is 10.2 Å². The second-order valence-corrected chi connectivity index (χ2v) is 6.96. The number of ether oxygens (including phenoxy) is 1. The highest BCUT2D eigenvalue weighted by Gasteiger charge is 2.25. The molecule has 0 aromatic heterocycles. The number of hydrogen-bond donors (Lipinski definition) is 1. The minimum absolute atomic E-state index is 0.0704. The molecule has 0 aliphatic carbocycles. The molecular weight excluding hydrogens is 312 g/mol. The van der Waals surface area contributed by atoms with Crippen LogP contribution in [0.15, 0.2) is 24.3 Å². The van der Waals surface area contributed by atoms with Crippen molar-refractivity contribution in [1.29, 1.82) is 0 Å². The van der Waals surface area contributed by atoms with Crippen LogP contribution in [-0.4, -0.2) is 43.2 Å². The molecule has 1 aromatic carbocycles. The summed E-state index contributed by atoms with van der Waals surface area (Å²) in [5, 5.41) is 3.91. The van der Waals surface area contributed by atoms with Gasteiger partial charge in [-0.3, -0.25) is 9.69 Å². The highest BCUT2D eigenvalue weighted by molar-refractivity contribution is 6.31. The fraction of sp³-hybridized carbons (Fsp3) is 0.611. The monoisotopic (exact) mass is 336 g/mol. The number of amides is 1. The van der Waals surface area contributed by atoms with Gasteiger partial charge >= 0.3 is 0 Å². The molecule has 0 spiro atoms. The fourth-order valence-electron chi connectivity index (χ4n) is 3.36. The molecule has 2 aliphatic rings. The molecular formula is C18H25ClN2O2. The van der Waals surface area contributed by atoms with E-state index in [9.17, 15) is 4.79 Å². The predicted molar refractivity (Wildman–Crippen MR) is 91.4 cm³/mol. The molecule has 2 fully saturated rings. The van der Waals surface area contributed by atoms with Crippen LogP contribution in [0.1, 0.15) is 31.2 Å². The first-order valence-corrected chi connectivity index (χ1v) is 8.95. The summed E-state index contributed by atoms with van der Waals surface area (Å²) in [7, 11) is 0. The van der Waals surface area contributed by atoms with E-state index in [2.05, 4.69) is 16.3 Å². The zero-order valence-corrected chi connectivity index (χ0v) is 14.2. The summed E-state index contributed by atoms with van der Waals surface area (Å²) >= 11 is 6.23. The van der Waals surface area contributed by atoms with Crippen LogP contribution in [0, 0.1) is 5.92 Å². The number of nitrogens with zero attached hydrogens (tertiary/aromatic N) is 1. The first kappa shape index (κ1) is 16.7. The summed E-state index contributed by atoms with van der Waals surface area (Å²) in [5.41, 5.74) is 1.19. The largest absolute Gasteiger partial charge is 0.368 e. The summed E-state index contributed by atoms with van der Waals surface area (Å²) in [4.78, 5) is 14.4. The molecule has 0 saturated carbocycles. The van der Waals surface area contributed by atoms with E-state index in [4.69, 9.17) is 16.3 Å². The van der Waals surface area contributed by atoms with Crippen molar-refractivity contribution in [2.24, 2.45) is 5.92 Å². The number of likely N-dealkylation sites (tertiary alicyclic amines) is 1. The van der Waals surface area contributed by atoms with Crippen molar-refractivity contribution in [3.63, 3.8) is 0 Å². The molecule has 1 aromatic rings. The topological polar surface area (TPSA) is 41.6 Å². The summed E-state index contributed by atoms with van der Waals surface area (Å²) < 4.78 is 5.42. The van der Waals surface area contributed by atoms with E-state index in [1.54, 1.807) is 0 Å². The second-order valence-electron chi connectivity index (χ2n) is 6.56. The summed E-state index contributed by atoms with van der Waals surface area (Å²) in [5.74, 6) is 0.642. The number of carbonyl (C=O) groups excluding carboxylic acids is 1. The van der Waals surface area contributed by atoms with E-state index in [-0.39, 0.29) is 12.0 Å². The van der Waals surface area contributed by atoms with Crippen LogP contribution in [0.25, 0.3) is 0 Å². The highest BCUT2D eigenvalue weighted by atomic mass is 35.5. The third-order valence-electron chi connectivity index (χ3n) is 4.85. The van der Waals surface area contributed by atoms with Crippen molar-refractivity contribution >= 4 is 17.5 Å². The minimum Gasteiger partial charge on any atom is -0.368 e. The normalized spacial score (nSPS) is 23.1. The van der Waals surface area contributed by atoms with Crippen molar-refractivity contribution in [3.05, 3.63) is 34.9 Å². The number of piperidine rings is 1. The Hall–Kier alpha value is -1.10. The average Bonchev–Trinajstić information content (AvgIpc) is 3.11. The number of hydrogen-bond acceptors (Lipinski definition) is 3. The SMILES string of the molecule is O=C(NCC1CCN(Cc2ccccc2Cl)CC1)C1CCCO1. The van der Waals surface area contributed by atoms with Gasteiger partial charge < -0.3 is 10.1 Å². The standard InChI is InChI=1S/C18H25ClN2O2/c19-16-5-2-1-4-15(16)13-21-9-7-14(8-10-21)12-20-18(22)17-6-3-11-23-17/h1-2,4-5,14,17H,3,6-13H2,(H,20,22). The maximum absolute atomic E-state index is 12.0. The van der Waals surface area contributed by atoms with Crippen LogP contribution in [0.3, 0.4) is 0 Å². The Morgan fingerprint density at radius 3 is 2.74 bits per heavy atom. The smallest absolute Gasteiger partial charge is 0.249 e. The van der Waals surface area contributed by atoms with Crippen molar-refractivity contribution in [2.75, 3.05) is 26.2 Å². The molecule has 3 rings (SSSR count). The molecule has 1 atom stereocenters. The molecule has 1 amide bonds. The van der Waals surface area contributed by atoms with Crippen LogP contribution >= 0.6 is 11.6 Å². The van der Waals surface area contributed by atoms with Gasteiger partial charge in [-0.2, -0.15) is 0 Å². The average molecular weight is 337 g/mol. The maximum atomic E-state index is 12.0. The zero-order valence-electron chi connectivity index (χ0n) is 13.5. The predicted octanol–water partition coefficient (Wildman–Crippen LogP) is 2.85. The lowest BCUT2D eigenvalue weighted by Crippen LogP contribution is -2.41. The van der Waals surface area contributed by atoms with Crippen molar-refractivity contribution in [3.8, 4) is 0 Å². The van der Waals surface area contributed by atoms with E-state index in [0.29, 0.717) is 5.92 Å². The van der Waals surface area contributed by atoms with E-state index in [1.165, 1.54) is 5.56 Å². The van der Waals surface area contributed by atoms with Gasteiger partial charge in [0.25, 0.3) is 0 Å². The Labute approximate surface area is 143 Å². The molecule has 0 bridgehead atoms. The first-order valence-electron chi connectivity index (χ1n) is 8.57. The van der Waals surface area contributed by atoms with Gasteiger partial charge in [0.1, 0.15) is 6.10 Å². The van der Waals surface area contributed by atoms with E-state index in [1.807, 2.05) is 18.2 Å². The molecule has 5 heteroatoms. The van der Waals surface area contributed by atoms with Gasteiger partial charge in [-0.1, -0.05) is 29.8 Å². The van der Waals surface area contributed by atoms with Gasteiger partial charge in [0, 0.05) is 24.7 Å². The van der Waals surface area contributed by atoms with Gasteiger partial charge in [-0.05, 0) is 56.3 Å². The van der Waals surface area contributed by atoms with Crippen LogP contribution in [0.2, 0.25) is 5.02 Å². The Bertz CT molecular complexity index is 524. The second kappa shape index (κ2) is 8.13. The lowest BCUT2D eigenvalue weighted by Gasteiger charge is -2.32. The van der Waals surface area contributed by atoms with E-state index < -0.39 is 0 Å². The lowest BCUT2D eigenvalue weighted by atomic mass is 9.96. The Balaban J connectivity index is 1.38.